The molecule has 29 heavy (non-hydrogen) atoms. The molecule has 0 atom stereocenters. The second kappa shape index (κ2) is 8.63. The first-order valence-electron chi connectivity index (χ1n) is 9.10. The van der Waals surface area contributed by atoms with E-state index in [1.807, 2.05) is 42.3 Å². The summed E-state index contributed by atoms with van der Waals surface area (Å²) in [6.45, 7) is 0.724. The molecule has 0 aliphatic carbocycles. The number of hydrogen-bond donors (Lipinski definition) is 1. The van der Waals surface area contributed by atoms with Crippen molar-refractivity contribution in [3.05, 3.63) is 66.2 Å². The monoisotopic (exact) mass is 412 g/mol. The number of amides is 1. The van der Waals surface area contributed by atoms with Gasteiger partial charge in [-0.1, -0.05) is 30.3 Å². The first kappa shape index (κ1) is 20.8. The fraction of sp³-hybridized carbons (Fsp3) is 0.227. The third kappa shape index (κ3) is 5.34. The molecule has 1 amide bonds. The van der Waals surface area contributed by atoms with Crippen LogP contribution in [0.2, 0.25) is 0 Å². The molecular formula is C22H24N2O4S. The van der Waals surface area contributed by atoms with Gasteiger partial charge in [-0.3, -0.25) is 9.69 Å². The molecule has 0 aromatic heterocycles. The smallest absolute Gasteiger partial charge is 0.238 e. The highest BCUT2D eigenvalue weighted by Gasteiger charge is 2.15. The fourth-order valence-corrected chi connectivity index (χ4v) is 4.04. The van der Waals surface area contributed by atoms with Gasteiger partial charge in [0.25, 0.3) is 0 Å². The number of benzene rings is 3. The Balaban J connectivity index is 1.66. The van der Waals surface area contributed by atoms with Crippen molar-refractivity contribution in [3.8, 4) is 5.75 Å². The van der Waals surface area contributed by atoms with Crippen LogP contribution in [0.3, 0.4) is 0 Å². The van der Waals surface area contributed by atoms with Gasteiger partial charge >= 0.3 is 0 Å². The lowest BCUT2D eigenvalue weighted by Gasteiger charge is -2.17. The Morgan fingerprint density at radius 1 is 1.03 bits per heavy atom. The molecule has 3 aromatic carbocycles. The molecule has 0 saturated heterocycles. The van der Waals surface area contributed by atoms with Crippen molar-refractivity contribution in [3.63, 3.8) is 0 Å². The summed E-state index contributed by atoms with van der Waals surface area (Å²) >= 11 is 0. The Kier molecular flexibility index (Phi) is 6.20. The molecule has 0 radical (unpaired) electrons. The van der Waals surface area contributed by atoms with E-state index in [0.717, 1.165) is 28.3 Å². The maximum atomic E-state index is 12.4. The molecular weight excluding hydrogens is 388 g/mol. The van der Waals surface area contributed by atoms with Crippen molar-refractivity contribution in [2.45, 2.75) is 11.4 Å². The quantitative estimate of drug-likeness (QED) is 0.644. The van der Waals surface area contributed by atoms with Crippen molar-refractivity contribution < 1.29 is 17.9 Å². The van der Waals surface area contributed by atoms with Gasteiger partial charge in [0.2, 0.25) is 5.91 Å². The van der Waals surface area contributed by atoms with E-state index in [2.05, 4.69) is 11.4 Å². The predicted octanol–water partition coefficient (Wildman–Crippen LogP) is 3.32. The number of nitrogens with one attached hydrogen (secondary N) is 1. The summed E-state index contributed by atoms with van der Waals surface area (Å²) in [5, 5.41) is 4.89. The predicted molar refractivity (Wildman–Crippen MR) is 115 cm³/mol. The fourth-order valence-electron chi connectivity index (χ4n) is 3.19. The van der Waals surface area contributed by atoms with E-state index < -0.39 is 9.84 Å². The van der Waals surface area contributed by atoms with E-state index in [0.29, 0.717) is 12.2 Å². The number of methoxy groups -OCH3 is 1. The third-order valence-electron chi connectivity index (χ3n) is 4.54. The van der Waals surface area contributed by atoms with Gasteiger partial charge in [-0.05, 0) is 53.7 Å². The number of anilines is 1. The number of para-hydroxylation sites is 1. The van der Waals surface area contributed by atoms with Crippen LogP contribution in [0.15, 0.2) is 65.6 Å². The molecule has 3 rings (SSSR count). The summed E-state index contributed by atoms with van der Waals surface area (Å²) in [6.07, 6.45) is 1.12. The lowest BCUT2D eigenvalue weighted by atomic mass is 10.1. The van der Waals surface area contributed by atoms with Crippen LogP contribution in [-0.4, -0.2) is 46.2 Å². The number of carbonyl (C=O) groups is 1. The van der Waals surface area contributed by atoms with Crippen LogP contribution in [0.25, 0.3) is 10.8 Å². The molecule has 0 heterocycles. The summed E-state index contributed by atoms with van der Waals surface area (Å²) in [5.41, 5.74) is 1.38. The number of fused-ring (bicyclic) bond motifs is 1. The molecule has 3 aromatic rings. The van der Waals surface area contributed by atoms with Crippen LogP contribution in [0.1, 0.15) is 5.56 Å². The van der Waals surface area contributed by atoms with Gasteiger partial charge in [0, 0.05) is 12.8 Å². The van der Waals surface area contributed by atoms with E-state index in [9.17, 15) is 13.2 Å². The van der Waals surface area contributed by atoms with Crippen molar-refractivity contribution >= 4 is 32.2 Å². The molecule has 1 N–H and O–H groups in total. The van der Waals surface area contributed by atoms with Gasteiger partial charge in [-0.15, -0.1) is 0 Å². The van der Waals surface area contributed by atoms with Gasteiger partial charge in [0.15, 0.2) is 9.84 Å². The molecule has 6 nitrogen and oxygen atoms in total. The Labute approximate surface area is 171 Å². The van der Waals surface area contributed by atoms with Gasteiger partial charge in [0.05, 0.1) is 24.2 Å². The molecule has 0 aliphatic heterocycles. The number of carbonyl (C=O) groups excluding carboxylic acids is 1. The molecule has 0 aliphatic rings. The lowest BCUT2D eigenvalue weighted by molar-refractivity contribution is -0.117. The number of ether oxygens (including phenoxy) is 1. The largest absolute Gasteiger partial charge is 0.497 e. The van der Waals surface area contributed by atoms with E-state index in [4.69, 9.17) is 4.74 Å². The SMILES string of the molecule is COc1ccc2cc(CN(C)CC(=O)Nc3ccccc3S(C)(=O)=O)ccc2c1. The van der Waals surface area contributed by atoms with E-state index >= 15 is 0 Å². The van der Waals surface area contributed by atoms with Gasteiger partial charge in [0.1, 0.15) is 5.75 Å². The van der Waals surface area contributed by atoms with Gasteiger partial charge in [-0.2, -0.15) is 0 Å². The third-order valence-corrected chi connectivity index (χ3v) is 5.69. The highest BCUT2D eigenvalue weighted by molar-refractivity contribution is 7.90. The Morgan fingerprint density at radius 2 is 1.72 bits per heavy atom. The first-order chi connectivity index (χ1) is 13.8. The number of rotatable bonds is 7. The molecule has 0 fully saturated rings. The lowest BCUT2D eigenvalue weighted by Crippen LogP contribution is -2.30. The summed E-state index contributed by atoms with van der Waals surface area (Å²) in [6, 6.07) is 18.4. The second-order valence-electron chi connectivity index (χ2n) is 7.04. The average Bonchev–Trinajstić information content (AvgIpc) is 2.66. The van der Waals surface area contributed by atoms with Crippen LogP contribution < -0.4 is 10.1 Å². The minimum absolute atomic E-state index is 0.112. The molecule has 0 saturated carbocycles. The Morgan fingerprint density at radius 3 is 2.45 bits per heavy atom. The summed E-state index contributed by atoms with van der Waals surface area (Å²) in [5.74, 6) is 0.544. The normalized spacial score (nSPS) is 11.6. The van der Waals surface area contributed by atoms with Crippen LogP contribution in [0.5, 0.6) is 5.75 Å². The summed E-state index contributed by atoms with van der Waals surface area (Å²) < 4.78 is 29.0. The van der Waals surface area contributed by atoms with Crippen LogP contribution in [0.4, 0.5) is 5.69 Å². The summed E-state index contributed by atoms with van der Waals surface area (Å²) in [7, 11) is 0.0710. The number of likely N-dealkylation sites (N-methyl/N-ethyl adjacent to an activating group) is 1. The topological polar surface area (TPSA) is 75.7 Å². The summed E-state index contributed by atoms with van der Waals surface area (Å²) in [4.78, 5) is 14.4. The zero-order chi connectivity index (χ0) is 21.0. The van der Waals surface area contributed by atoms with Crippen LogP contribution >= 0.6 is 0 Å². The van der Waals surface area contributed by atoms with Crippen LogP contribution in [-0.2, 0) is 21.2 Å². The molecule has 7 heteroatoms. The van der Waals surface area contributed by atoms with Gasteiger partial charge < -0.3 is 10.1 Å². The zero-order valence-electron chi connectivity index (χ0n) is 16.7. The van der Waals surface area contributed by atoms with Crippen molar-refractivity contribution in [1.82, 2.24) is 4.90 Å². The zero-order valence-corrected chi connectivity index (χ0v) is 17.5. The maximum Gasteiger partial charge on any atom is 0.238 e. The Hall–Kier alpha value is -2.90. The molecule has 152 valence electrons. The van der Waals surface area contributed by atoms with Gasteiger partial charge in [-0.25, -0.2) is 8.42 Å². The second-order valence-corrected chi connectivity index (χ2v) is 9.02. The van der Waals surface area contributed by atoms with E-state index in [1.165, 1.54) is 6.07 Å². The minimum Gasteiger partial charge on any atom is -0.497 e. The highest BCUT2D eigenvalue weighted by atomic mass is 32.2. The number of sulfone groups is 1. The standard InChI is InChI=1S/C22H24N2O4S/c1-24(14-16-8-9-18-13-19(28-2)11-10-17(18)12-16)15-22(25)23-20-6-4-5-7-21(20)29(3,26)27/h4-13H,14-15H2,1-3H3,(H,23,25). The maximum absolute atomic E-state index is 12.4. The van der Waals surface area contributed by atoms with Crippen LogP contribution in [0, 0.1) is 0 Å². The van der Waals surface area contributed by atoms with E-state index in [-0.39, 0.29) is 17.3 Å². The van der Waals surface area contributed by atoms with E-state index in [1.54, 1.807) is 25.3 Å². The van der Waals surface area contributed by atoms with Crippen molar-refractivity contribution in [2.75, 3.05) is 32.3 Å². The van der Waals surface area contributed by atoms with Crippen molar-refractivity contribution in [1.29, 1.82) is 0 Å². The first-order valence-corrected chi connectivity index (χ1v) is 11.0. The number of nitrogens with zero attached hydrogens (tertiary/aromatic N) is 1. The minimum atomic E-state index is -3.42. The highest BCUT2D eigenvalue weighted by Crippen LogP contribution is 2.23. The molecule has 0 bridgehead atoms. The molecule has 0 unspecified atom stereocenters. The number of hydrogen-bond acceptors (Lipinski definition) is 5. The molecule has 0 spiro atoms. The van der Waals surface area contributed by atoms with Crippen molar-refractivity contribution in [2.24, 2.45) is 0 Å². The average molecular weight is 413 g/mol. The Bertz CT molecular complexity index is 1140.